The SMILES string of the molecule is CCc1c(C)nc(-c2ncc(Br)cc2Br)nc1NN. The summed E-state index contributed by atoms with van der Waals surface area (Å²) in [6.07, 6.45) is 2.53. The minimum atomic E-state index is 0.544. The number of nitrogens with zero attached hydrogens (tertiary/aromatic N) is 3. The van der Waals surface area contributed by atoms with Gasteiger partial charge < -0.3 is 5.43 Å². The Bertz CT molecular complexity index is 615. The average molecular weight is 387 g/mol. The highest BCUT2D eigenvalue weighted by Crippen LogP contribution is 2.28. The zero-order valence-corrected chi connectivity index (χ0v) is 13.7. The molecule has 0 aliphatic carbocycles. The van der Waals surface area contributed by atoms with E-state index in [4.69, 9.17) is 5.84 Å². The van der Waals surface area contributed by atoms with Crippen LogP contribution in [-0.4, -0.2) is 15.0 Å². The Morgan fingerprint density at radius 2 is 2.05 bits per heavy atom. The largest absolute Gasteiger partial charge is 0.308 e. The Hall–Kier alpha value is -1.05. The first kappa shape index (κ1) is 14.4. The monoisotopic (exact) mass is 385 g/mol. The molecule has 0 radical (unpaired) electrons. The van der Waals surface area contributed by atoms with Crippen molar-refractivity contribution in [2.45, 2.75) is 20.3 Å². The Labute approximate surface area is 128 Å². The summed E-state index contributed by atoms with van der Waals surface area (Å²) in [5.41, 5.74) is 5.22. The third kappa shape index (κ3) is 2.93. The Kier molecular flexibility index (Phi) is 4.49. The molecule has 2 aromatic rings. The molecular formula is C12H13Br2N5. The van der Waals surface area contributed by atoms with E-state index in [0.29, 0.717) is 17.3 Å². The van der Waals surface area contributed by atoms with Gasteiger partial charge in [0.25, 0.3) is 0 Å². The van der Waals surface area contributed by atoms with Gasteiger partial charge in [-0.05, 0) is 51.3 Å². The second-order valence-electron chi connectivity index (χ2n) is 3.94. The summed E-state index contributed by atoms with van der Waals surface area (Å²) in [7, 11) is 0. The molecule has 0 atom stereocenters. The molecule has 0 spiro atoms. The van der Waals surface area contributed by atoms with E-state index in [2.05, 4.69) is 52.2 Å². The highest BCUT2D eigenvalue weighted by molar-refractivity contribution is 9.11. The van der Waals surface area contributed by atoms with Crippen molar-refractivity contribution in [2.75, 3.05) is 5.43 Å². The minimum absolute atomic E-state index is 0.544. The van der Waals surface area contributed by atoms with Crippen LogP contribution in [0.25, 0.3) is 11.5 Å². The number of hydrogen-bond acceptors (Lipinski definition) is 5. The normalized spacial score (nSPS) is 10.6. The van der Waals surface area contributed by atoms with Crippen molar-refractivity contribution >= 4 is 37.7 Å². The number of nitrogens with one attached hydrogen (secondary N) is 1. The maximum atomic E-state index is 5.52. The van der Waals surface area contributed by atoms with Crippen LogP contribution in [0, 0.1) is 6.92 Å². The fourth-order valence-electron chi connectivity index (χ4n) is 1.82. The van der Waals surface area contributed by atoms with Crippen LogP contribution < -0.4 is 11.3 Å². The molecule has 0 aliphatic heterocycles. The summed E-state index contributed by atoms with van der Waals surface area (Å²) in [5, 5.41) is 0. The van der Waals surface area contributed by atoms with Gasteiger partial charge in [-0.1, -0.05) is 6.92 Å². The molecule has 0 unspecified atom stereocenters. The van der Waals surface area contributed by atoms with Crippen LogP contribution in [-0.2, 0) is 6.42 Å². The molecule has 2 aromatic heterocycles. The zero-order chi connectivity index (χ0) is 14.0. The number of rotatable bonds is 3. The van der Waals surface area contributed by atoms with Crippen molar-refractivity contribution in [3.8, 4) is 11.5 Å². The van der Waals surface area contributed by atoms with E-state index >= 15 is 0 Å². The molecule has 0 amide bonds. The predicted molar refractivity (Wildman–Crippen MR) is 82.6 cm³/mol. The van der Waals surface area contributed by atoms with Crippen LogP contribution >= 0.6 is 31.9 Å². The average Bonchev–Trinajstić information content (AvgIpc) is 2.37. The highest BCUT2D eigenvalue weighted by atomic mass is 79.9. The van der Waals surface area contributed by atoms with E-state index in [9.17, 15) is 0 Å². The zero-order valence-electron chi connectivity index (χ0n) is 10.5. The van der Waals surface area contributed by atoms with Gasteiger partial charge in [-0.2, -0.15) is 0 Å². The van der Waals surface area contributed by atoms with Crippen LogP contribution in [0.2, 0.25) is 0 Å². The lowest BCUT2D eigenvalue weighted by atomic mass is 10.1. The standard InChI is InChI=1S/C12H13Br2N5/c1-3-8-6(2)17-12(18-11(8)19-15)10-9(14)4-7(13)5-16-10/h4-5H,3,15H2,1-2H3,(H,17,18,19). The van der Waals surface area contributed by atoms with Gasteiger partial charge in [-0.15, -0.1) is 0 Å². The molecule has 100 valence electrons. The smallest absolute Gasteiger partial charge is 0.181 e. The number of pyridine rings is 1. The maximum Gasteiger partial charge on any atom is 0.181 e. The Morgan fingerprint density at radius 3 is 2.63 bits per heavy atom. The summed E-state index contributed by atoms with van der Waals surface area (Å²) in [4.78, 5) is 13.3. The number of nitrogen functional groups attached to an aromatic ring is 1. The third-order valence-electron chi connectivity index (χ3n) is 2.72. The van der Waals surface area contributed by atoms with Gasteiger partial charge in [0.1, 0.15) is 11.5 Å². The van der Waals surface area contributed by atoms with E-state index in [0.717, 1.165) is 26.6 Å². The van der Waals surface area contributed by atoms with Crippen molar-refractivity contribution in [3.05, 3.63) is 32.5 Å². The summed E-state index contributed by atoms with van der Waals surface area (Å²) < 4.78 is 1.72. The van der Waals surface area contributed by atoms with Gasteiger partial charge in [0.2, 0.25) is 0 Å². The predicted octanol–water partition coefficient (Wildman–Crippen LogP) is 3.22. The van der Waals surface area contributed by atoms with Gasteiger partial charge in [0.05, 0.1) is 0 Å². The number of halogens is 2. The summed E-state index contributed by atoms with van der Waals surface area (Å²) in [5.74, 6) is 6.71. The molecule has 0 saturated carbocycles. The molecule has 2 heterocycles. The lowest BCUT2D eigenvalue weighted by Gasteiger charge is -2.11. The highest BCUT2D eigenvalue weighted by Gasteiger charge is 2.14. The fraction of sp³-hybridized carbons (Fsp3) is 0.250. The van der Waals surface area contributed by atoms with E-state index in [1.807, 2.05) is 19.9 Å². The van der Waals surface area contributed by atoms with Crippen LogP contribution in [0.4, 0.5) is 5.82 Å². The lowest BCUT2D eigenvalue weighted by molar-refractivity contribution is 0.987. The molecule has 0 saturated heterocycles. The van der Waals surface area contributed by atoms with Crippen molar-refractivity contribution < 1.29 is 0 Å². The van der Waals surface area contributed by atoms with E-state index < -0.39 is 0 Å². The summed E-state index contributed by atoms with van der Waals surface area (Å²) in [6.45, 7) is 3.98. The van der Waals surface area contributed by atoms with Gasteiger partial charge >= 0.3 is 0 Å². The minimum Gasteiger partial charge on any atom is -0.308 e. The van der Waals surface area contributed by atoms with E-state index in [-0.39, 0.29) is 0 Å². The summed E-state index contributed by atoms with van der Waals surface area (Å²) in [6, 6.07) is 1.91. The molecule has 7 heteroatoms. The number of aromatic nitrogens is 3. The number of hydrogen-bond donors (Lipinski definition) is 2. The maximum absolute atomic E-state index is 5.52. The lowest BCUT2D eigenvalue weighted by Crippen LogP contribution is -2.14. The molecule has 0 bridgehead atoms. The van der Waals surface area contributed by atoms with Crippen molar-refractivity contribution in [3.63, 3.8) is 0 Å². The number of nitrogens with two attached hydrogens (primary N) is 1. The first-order valence-electron chi connectivity index (χ1n) is 5.72. The van der Waals surface area contributed by atoms with E-state index in [1.54, 1.807) is 6.20 Å². The molecule has 2 rings (SSSR count). The Balaban J connectivity index is 2.60. The van der Waals surface area contributed by atoms with Crippen molar-refractivity contribution in [1.82, 2.24) is 15.0 Å². The van der Waals surface area contributed by atoms with Crippen LogP contribution in [0.15, 0.2) is 21.2 Å². The second kappa shape index (κ2) is 5.94. The quantitative estimate of drug-likeness (QED) is 0.625. The van der Waals surface area contributed by atoms with E-state index in [1.165, 1.54) is 0 Å². The first-order valence-corrected chi connectivity index (χ1v) is 7.31. The van der Waals surface area contributed by atoms with Crippen LogP contribution in [0.3, 0.4) is 0 Å². The summed E-state index contributed by atoms with van der Waals surface area (Å²) >= 11 is 6.83. The van der Waals surface area contributed by atoms with Gasteiger partial charge in [0, 0.05) is 26.4 Å². The van der Waals surface area contributed by atoms with Crippen LogP contribution in [0.5, 0.6) is 0 Å². The Morgan fingerprint density at radius 1 is 1.32 bits per heavy atom. The molecular weight excluding hydrogens is 374 g/mol. The molecule has 0 aliphatic rings. The van der Waals surface area contributed by atoms with Crippen molar-refractivity contribution in [2.24, 2.45) is 5.84 Å². The van der Waals surface area contributed by atoms with Gasteiger partial charge in [-0.3, -0.25) is 4.98 Å². The van der Waals surface area contributed by atoms with Crippen LogP contribution in [0.1, 0.15) is 18.2 Å². The molecule has 19 heavy (non-hydrogen) atoms. The van der Waals surface area contributed by atoms with Gasteiger partial charge in [-0.25, -0.2) is 15.8 Å². The molecule has 3 N–H and O–H groups in total. The topological polar surface area (TPSA) is 76.7 Å². The molecule has 5 nitrogen and oxygen atoms in total. The first-order chi connectivity index (χ1) is 9.06. The number of anilines is 1. The van der Waals surface area contributed by atoms with Crippen molar-refractivity contribution in [1.29, 1.82) is 0 Å². The second-order valence-corrected chi connectivity index (χ2v) is 5.71. The molecule has 0 fully saturated rings. The number of aryl methyl sites for hydroxylation is 1. The fourth-order valence-corrected chi connectivity index (χ4v) is 2.99. The number of hydrazine groups is 1. The molecule has 0 aromatic carbocycles. The van der Waals surface area contributed by atoms with Gasteiger partial charge in [0.15, 0.2) is 5.82 Å². The third-order valence-corrected chi connectivity index (χ3v) is 3.76.